The number of rotatable bonds is 6. The van der Waals surface area contributed by atoms with E-state index in [0.29, 0.717) is 5.92 Å². The fourth-order valence-corrected chi connectivity index (χ4v) is 3.36. The molecule has 0 N–H and O–H groups in total. The Balaban J connectivity index is 1.76. The van der Waals surface area contributed by atoms with Crippen LogP contribution in [0.1, 0.15) is 23.5 Å². The van der Waals surface area contributed by atoms with E-state index in [1.807, 2.05) is 0 Å². The summed E-state index contributed by atoms with van der Waals surface area (Å²) in [7, 11) is 4.02. The molecular formula is C19H23NO. The van der Waals surface area contributed by atoms with Gasteiger partial charge in [-0.25, -0.2) is 0 Å². The second-order valence-electron chi connectivity index (χ2n) is 6.05. The van der Waals surface area contributed by atoms with Gasteiger partial charge in [0.2, 0.25) is 0 Å². The minimum atomic E-state index is 0.145. The van der Waals surface area contributed by atoms with Crippen molar-refractivity contribution >= 4 is 0 Å². The van der Waals surface area contributed by atoms with Gasteiger partial charge in [-0.05, 0) is 24.6 Å². The van der Waals surface area contributed by atoms with Crippen LogP contribution in [0.3, 0.4) is 0 Å². The van der Waals surface area contributed by atoms with Gasteiger partial charge in [-0.15, -0.1) is 0 Å². The SMILES string of the molecule is COC[C@@]1(N(C)Cc2ccccc2)C[C@@H]1c1ccccc1. The molecule has 0 bridgehead atoms. The molecule has 2 heteroatoms. The van der Waals surface area contributed by atoms with E-state index in [1.165, 1.54) is 17.5 Å². The monoisotopic (exact) mass is 281 g/mol. The molecule has 1 aliphatic rings. The van der Waals surface area contributed by atoms with Gasteiger partial charge in [0.15, 0.2) is 0 Å². The number of benzene rings is 2. The van der Waals surface area contributed by atoms with Crippen LogP contribution in [0.5, 0.6) is 0 Å². The number of hydrogen-bond donors (Lipinski definition) is 0. The zero-order valence-electron chi connectivity index (χ0n) is 12.8. The molecule has 1 saturated carbocycles. The molecule has 0 saturated heterocycles. The minimum Gasteiger partial charge on any atom is -0.383 e. The molecule has 0 unspecified atom stereocenters. The van der Waals surface area contributed by atoms with Crippen LogP contribution >= 0.6 is 0 Å². The minimum absolute atomic E-state index is 0.145. The first-order chi connectivity index (χ1) is 10.3. The fraction of sp³-hybridized carbons (Fsp3) is 0.368. The number of nitrogens with zero attached hydrogens (tertiary/aromatic N) is 1. The highest BCUT2D eigenvalue weighted by Crippen LogP contribution is 2.55. The Morgan fingerprint density at radius 1 is 1.05 bits per heavy atom. The summed E-state index contributed by atoms with van der Waals surface area (Å²) in [6, 6.07) is 21.5. The lowest BCUT2D eigenvalue weighted by Gasteiger charge is -2.29. The van der Waals surface area contributed by atoms with Crippen LogP contribution in [-0.4, -0.2) is 31.2 Å². The van der Waals surface area contributed by atoms with E-state index in [0.717, 1.165) is 13.2 Å². The zero-order chi connectivity index (χ0) is 14.7. The second-order valence-corrected chi connectivity index (χ2v) is 6.05. The molecule has 0 spiro atoms. The quantitative estimate of drug-likeness (QED) is 0.800. The predicted octanol–water partition coefficient (Wildman–Crippen LogP) is 3.69. The average molecular weight is 281 g/mol. The maximum Gasteiger partial charge on any atom is 0.0652 e. The van der Waals surface area contributed by atoms with Gasteiger partial charge in [-0.2, -0.15) is 0 Å². The van der Waals surface area contributed by atoms with Crippen molar-refractivity contribution in [3.8, 4) is 0 Å². The molecule has 0 amide bonds. The lowest BCUT2D eigenvalue weighted by molar-refractivity contribution is 0.0833. The highest BCUT2D eigenvalue weighted by Gasteiger charge is 2.57. The Hall–Kier alpha value is -1.64. The second kappa shape index (κ2) is 6.00. The van der Waals surface area contributed by atoms with Gasteiger partial charge in [0, 0.05) is 19.6 Å². The summed E-state index contributed by atoms with van der Waals surface area (Å²) in [6.45, 7) is 1.75. The van der Waals surface area contributed by atoms with Crippen molar-refractivity contribution in [2.24, 2.45) is 0 Å². The number of methoxy groups -OCH3 is 1. The standard InChI is InChI=1S/C19H23NO/c1-20(14-16-9-5-3-6-10-16)19(15-21-2)13-18(19)17-11-7-4-8-12-17/h3-12,18H,13-15H2,1-2H3/t18-,19+/m1/s1. The van der Waals surface area contributed by atoms with Gasteiger partial charge in [-0.3, -0.25) is 4.90 Å². The van der Waals surface area contributed by atoms with Crippen LogP contribution in [0.4, 0.5) is 0 Å². The Morgan fingerprint density at radius 3 is 2.29 bits per heavy atom. The van der Waals surface area contributed by atoms with Crippen LogP contribution in [0.2, 0.25) is 0 Å². The summed E-state index contributed by atoms with van der Waals surface area (Å²) in [5.74, 6) is 0.576. The maximum atomic E-state index is 5.54. The Morgan fingerprint density at radius 2 is 1.67 bits per heavy atom. The average Bonchev–Trinajstić information content (AvgIpc) is 3.25. The van der Waals surface area contributed by atoms with Crippen LogP contribution in [-0.2, 0) is 11.3 Å². The van der Waals surface area contributed by atoms with E-state index >= 15 is 0 Å². The van der Waals surface area contributed by atoms with Gasteiger partial charge in [-0.1, -0.05) is 60.7 Å². The molecule has 0 aliphatic heterocycles. The van der Waals surface area contributed by atoms with Gasteiger partial charge >= 0.3 is 0 Å². The highest BCUT2D eigenvalue weighted by atomic mass is 16.5. The Kier molecular flexibility index (Phi) is 4.09. The Labute approximate surface area is 127 Å². The Bertz CT molecular complexity index is 569. The lowest BCUT2D eigenvalue weighted by atomic mass is 10.0. The van der Waals surface area contributed by atoms with Crippen molar-refractivity contribution < 1.29 is 4.74 Å². The molecule has 2 atom stereocenters. The number of hydrogen-bond acceptors (Lipinski definition) is 2. The molecule has 1 fully saturated rings. The first-order valence-electron chi connectivity index (χ1n) is 7.55. The van der Waals surface area contributed by atoms with Crippen molar-refractivity contribution in [2.45, 2.75) is 24.4 Å². The molecule has 2 aromatic carbocycles. The van der Waals surface area contributed by atoms with Crippen molar-refractivity contribution in [1.82, 2.24) is 4.90 Å². The normalized spacial score (nSPS) is 24.2. The first kappa shape index (κ1) is 14.3. The van der Waals surface area contributed by atoms with E-state index < -0.39 is 0 Å². The third kappa shape index (κ3) is 2.87. The predicted molar refractivity (Wildman–Crippen MR) is 86.3 cm³/mol. The summed E-state index contributed by atoms with van der Waals surface area (Å²) >= 11 is 0. The van der Waals surface area contributed by atoms with E-state index in [-0.39, 0.29) is 5.54 Å². The topological polar surface area (TPSA) is 12.5 Å². The van der Waals surface area contributed by atoms with Crippen LogP contribution in [0, 0.1) is 0 Å². The third-order valence-corrected chi connectivity index (χ3v) is 4.67. The summed E-state index contributed by atoms with van der Waals surface area (Å²) in [5, 5.41) is 0. The van der Waals surface area contributed by atoms with E-state index in [4.69, 9.17) is 4.74 Å². The fourth-order valence-electron chi connectivity index (χ4n) is 3.36. The van der Waals surface area contributed by atoms with Crippen molar-refractivity contribution in [3.63, 3.8) is 0 Å². The van der Waals surface area contributed by atoms with Gasteiger partial charge < -0.3 is 4.74 Å². The molecule has 1 aliphatic carbocycles. The molecule has 0 aromatic heterocycles. The molecule has 2 aromatic rings. The van der Waals surface area contributed by atoms with Crippen LogP contribution in [0.15, 0.2) is 60.7 Å². The number of ether oxygens (including phenoxy) is 1. The number of likely N-dealkylation sites (N-methyl/N-ethyl adjacent to an activating group) is 1. The van der Waals surface area contributed by atoms with Crippen molar-refractivity contribution in [1.29, 1.82) is 0 Å². The van der Waals surface area contributed by atoms with Crippen molar-refractivity contribution in [2.75, 3.05) is 20.8 Å². The van der Waals surface area contributed by atoms with Gasteiger partial charge in [0.05, 0.1) is 12.1 Å². The summed E-state index contributed by atoms with van der Waals surface area (Å²) < 4.78 is 5.54. The first-order valence-corrected chi connectivity index (χ1v) is 7.55. The van der Waals surface area contributed by atoms with Gasteiger partial charge in [0.25, 0.3) is 0 Å². The van der Waals surface area contributed by atoms with E-state index in [1.54, 1.807) is 7.11 Å². The van der Waals surface area contributed by atoms with Crippen LogP contribution < -0.4 is 0 Å². The van der Waals surface area contributed by atoms with E-state index in [2.05, 4.69) is 72.6 Å². The molecule has 3 rings (SSSR count). The summed E-state index contributed by atoms with van der Waals surface area (Å²) in [6.07, 6.45) is 1.17. The molecule has 0 heterocycles. The molecule has 2 nitrogen and oxygen atoms in total. The molecular weight excluding hydrogens is 258 g/mol. The van der Waals surface area contributed by atoms with Crippen LogP contribution in [0.25, 0.3) is 0 Å². The smallest absolute Gasteiger partial charge is 0.0652 e. The highest BCUT2D eigenvalue weighted by molar-refractivity contribution is 5.34. The summed E-state index contributed by atoms with van der Waals surface area (Å²) in [4.78, 5) is 2.46. The zero-order valence-corrected chi connectivity index (χ0v) is 12.8. The molecule has 110 valence electrons. The van der Waals surface area contributed by atoms with E-state index in [9.17, 15) is 0 Å². The summed E-state index contributed by atoms with van der Waals surface area (Å²) in [5.41, 5.74) is 2.93. The lowest BCUT2D eigenvalue weighted by Crippen LogP contribution is -2.38. The van der Waals surface area contributed by atoms with Crippen molar-refractivity contribution in [3.05, 3.63) is 71.8 Å². The van der Waals surface area contributed by atoms with Gasteiger partial charge in [0.1, 0.15) is 0 Å². The molecule has 21 heavy (non-hydrogen) atoms. The third-order valence-electron chi connectivity index (χ3n) is 4.67. The molecule has 0 radical (unpaired) electrons. The largest absolute Gasteiger partial charge is 0.383 e. The maximum absolute atomic E-state index is 5.54.